The highest BCUT2D eigenvalue weighted by atomic mass is 32.2. The maximum atomic E-state index is 13.4. The fourth-order valence-electron chi connectivity index (χ4n) is 3.19. The molecule has 0 atom stereocenters. The van der Waals surface area contributed by atoms with Crippen LogP contribution in [0.15, 0.2) is 93.2 Å². The molecule has 33 heavy (non-hydrogen) atoms. The van der Waals surface area contributed by atoms with E-state index in [2.05, 4.69) is 10.3 Å². The number of rotatable bonds is 9. The Morgan fingerprint density at radius 2 is 1.39 bits per heavy atom. The molecule has 0 aliphatic heterocycles. The van der Waals surface area contributed by atoms with Crippen LogP contribution in [0.1, 0.15) is 13.8 Å². The van der Waals surface area contributed by atoms with Crippen LogP contribution in [0.25, 0.3) is 11.5 Å². The van der Waals surface area contributed by atoms with Crippen molar-refractivity contribution in [3.8, 4) is 23.0 Å². The zero-order valence-corrected chi connectivity index (χ0v) is 19.1. The smallest absolute Gasteiger partial charge is 0.238 e. The van der Waals surface area contributed by atoms with Crippen LogP contribution >= 0.6 is 0 Å². The number of nitrogens with zero attached hydrogens (tertiary/aromatic N) is 1. The van der Waals surface area contributed by atoms with E-state index in [1.807, 2.05) is 13.8 Å². The Labute approximate surface area is 192 Å². The minimum Gasteiger partial charge on any atom is -0.494 e. The second kappa shape index (κ2) is 9.79. The predicted octanol–water partition coefficient (Wildman–Crippen LogP) is 5.72. The summed E-state index contributed by atoms with van der Waals surface area (Å²) in [4.78, 5) is 4.50. The molecule has 1 aromatic heterocycles. The predicted molar refractivity (Wildman–Crippen MR) is 126 cm³/mol. The molecule has 0 radical (unpaired) electrons. The van der Waals surface area contributed by atoms with Crippen LogP contribution < -0.4 is 14.8 Å². The van der Waals surface area contributed by atoms with Gasteiger partial charge in [0.2, 0.25) is 26.6 Å². The number of anilines is 2. The molecule has 1 heterocycles. The number of hydrogen-bond donors (Lipinski definition) is 1. The number of nitrogens with one attached hydrogen (secondary N) is 1. The second-order valence-corrected chi connectivity index (χ2v) is 8.87. The van der Waals surface area contributed by atoms with Crippen molar-refractivity contribution in [1.82, 2.24) is 4.98 Å². The number of hydrogen-bond acceptors (Lipinski definition) is 7. The van der Waals surface area contributed by atoms with Crippen LogP contribution in [-0.4, -0.2) is 26.6 Å². The monoisotopic (exact) mass is 464 g/mol. The van der Waals surface area contributed by atoms with Crippen molar-refractivity contribution >= 4 is 21.4 Å². The number of benzene rings is 3. The largest absolute Gasteiger partial charge is 0.494 e. The minimum atomic E-state index is -3.93. The lowest BCUT2D eigenvalue weighted by atomic mass is 10.2. The van der Waals surface area contributed by atoms with Crippen LogP contribution in [0.4, 0.5) is 11.6 Å². The topological polar surface area (TPSA) is 90.7 Å². The molecule has 0 aliphatic rings. The molecule has 0 bridgehead atoms. The maximum absolute atomic E-state index is 13.4. The van der Waals surface area contributed by atoms with Gasteiger partial charge in [-0.05, 0) is 74.5 Å². The third-order valence-corrected chi connectivity index (χ3v) is 6.42. The fraction of sp³-hybridized carbons (Fsp3) is 0.160. The van der Waals surface area contributed by atoms with Gasteiger partial charge >= 0.3 is 0 Å². The van der Waals surface area contributed by atoms with Crippen molar-refractivity contribution in [3.05, 3.63) is 78.9 Å². The maximum Gasteiger partial charge on any atom is 0.238 e. The van der Waals surface area contributed by atoms with Gasteiger partial charge in [0.1, 0.15) is 11.5 Å². The molecular weight excluding hydrogens is 440 g/mol. The lowest BCUT2D eigenvalue weighted by Gasteiger charge is -2.07. The molecule has 3 aromatic carbocycles. The molecule has 0 unspecified atom stereocenters. The molecule has 1 N–H and O–H groups in total. The molecule has 0 fully saturated rings. The van der Waals surface area contributed by atoms with Gasteiger partial charge in [-0.2, -0.15) is 4.98 Å². The van der Waals surface area contributed by atoms with E-state index in [4.69, 9.17) is 13.9 Å². The Kier molecular flexibility index (Phi) is 6.65. The van der Waals surface area contributed by atoms with Gasteiger partial charge in [-0.3, -0.25) is 0 Å². The lowest BCUT2D eigenvalue weighted by molar-refractivity contribution is 0.340. The summed E-state index contributed by atoms with van der Waals surface area (Å²) in [5, 5.41) is 2.86. The second-order valence-electron chi connectivity index (χ2n) is 7.01. The van der Waals surface area contributed by atoms with Crippen molar-refractivity contribution in [3.63, 3.8) is 0 Å². The Balaban J connectivity index is 1.74. The van der Waals surface area contributed by atoms with Gasteiger partial charge in [0.05, 0.1) is 18.1 Å². The highest BCUT2D eigenvalue weighted by Crippen LogP contribution is 2.34. The third-order valence-electron chi connectivity index (χ3n) is 4.74. The molecule has 0 saturated carbocycles. The standard InChI is InChI=1S/C25H24N2O5S/c1-3-30-20-14-10-18(11-15-20)23-27-25(33(28,29)22-8-6-5-7-9-22)24(32-23)26-19-12-16-21(17-13-19)31-4-2/h5-17,26H,3-4H2,1-2H3. The van der Waals surface area contributed by atoms with E-state index < -0.39 is 9.84 Å². The zero-order chi connectivity index (χ0) is 23.3. The van der Waals surface area contributed by atoms with E-state index >= 15 is 0 Å². The molecule has 0 aliphatic carbocycles. The highest BCUT2D eigenvalue weighted by molar-refractivity contribution is 7.91. The SMILES string of the molecule is CCOc1ccc(Nc2oc(-c3ccc(OCC)cc3)nc2S(=O)(=O)c2ccccc2)cc1. The van der Waals surface area contributed by atoms with Crippen molar-refractivity contribution in [2.45, 2.75) is 23.8 Å². The summed E-state index contributed by atoms with van der Waals surface area (Å²) in [5.41, 5.74) is 1.26. The molecule has 4 rings (SSSR count). The first-order valence-electron chi connectivity index (χ1n) is 10.6. The summed E-state index contributed by atoms with van der Waals surface area (Å²) in [7, 11) is -3.93. The molecule has 0 amide bonds. The van der Waals surface area contributed by atoms with E-state index in [1.165, 1.54) is 12.1 Å². The van der Waals surface area contributed by atoms with Crippen molar-refractivity contribution < 1.29 is 22.3 Å². The third kappa shape index (κ3) is 5.01. The Hall–Kier alpha value is -3.78. The van der Waals surface area contributed by atoms with Gasteiger partial charge in [-0.1, -0.05) is 18.2 Å². The number of ether oxygens (including phenoxy) is 2. The number of aromatic nitrogens is 1. The minimum absolute atomic E-state index is 0.0342. The van der Waals surface area contributed by atoms with E-state index in [1.54, 1.807) is 66.7 Å². The van der Waals surface area contributed by atoms with E-state index in [9.17, 15) is 8.42 Å². The van der Waals surface area contributed by atoms with Crippen LogP contribution in [0, 0.1) is 0 Å². The van der Waals surface area contributed by atoms with E-state index in [0.717, 1.165) is 0 Å². The average Bonchev–Trinajstić information content (AvgIpc) is 3.26. The van der Waals surface area contributed by atoms with Gasteiger partial charge in [-0.15, -0.1) is 0 Å². The average molecular weight is 465 g/mol. The van der Waals surface area contributed by atoms with Crippen LogP contribution in [-0.2, 0) is 9.84 Å². The summed E-state index contributed by atoms with van der Waals surface area (Å²) in [6.45, 7) is 4.92. The normalized spacial score (nSPS) is 11.2. The summed E-state index contributed by atoms with van der Waals surface area (Å²) in [6, 6.07) is 22.4. The number of sulfone groups is 1. The van der Waals surface area contributed by atoms with Crippen LogP contribution in [0.2, 0.25) is 0 Å². The zero-order valence-electron chi connectivity index (χ0n) is 18.3. The van der Waals surface area contributed by atoms with Crippen molar-refractivity contribution in [2.24, 2.45) is 0 Å². The molecule has 170 valence electrons. The molecule has 8 heteroatoms. The van der Waals surface area contributed by atoms with E-state index in [0.29, 0.717) is 36.0 Å². The molecule has 0 saturated heterocycles. The summed E-state index contributed by atoms with van der Waals surface area (Å²) in [6.07, 6.45) is 0. The van der Waals surface area contributed by atoms with Crippen molar-refractivity contribution in [2.75, 3.05) is 18.5 Å². The first-order valence-corrected chi connectivity index (χ1v) is 12.0. The van der Waals surface area contributed by atoms with Crippen LogP contribution in [0.3, 0.4) is 0 Å². The fourth-order valence-corrected chi connectivity index (χ4v) is 4.47. The lowest BCUT2D eigenvalue weighted by Crippen LogP contribution is -2.05. The quantitative estimate of drug-likeness (QED) is 0.339. The summed E-state index contributed by atoms with van der Waals surface area (Å²) in [5.74, 6) is 1.64. The molecule has 4 aromatic rings. The molecule has 0 spiro atoms. The Morgan fingerprint density at radius 3 is 1.97 bits per heavy atom. The van der Waals surface area contributed by atoms with Gasteiger partial charge in [0.15, 0.2) is 0 Å². The number of oxazole rings is 1. The van der Waals surface area contributed by atoms with Gasteiger partial charge in [0.25, 0.3) is 0 Å². The first kappa shape index (κ1) is 22.4. The highest BCUT2D eigenvalue weighted by Gasteiger charge is 2.28. The first-order chi connectivity index (χ1) is 16.0. The van der Waals surface area contributed by atoms with E-state index in [-0.39, 0.29) is 21.7 Å². The Morgan fingerprint density at radius 1 is 0.818 bits per heavy atom. The Bertz CT molecular complexity index is 1300. The van der Waals surface area contributed by atoms with Gasteiger partial charge in [-0.25, -0.2) is 8.42 Å². The van der Waals surface area contributed by atoms with Gasteiger partial charge < -0.3 is 19.2 Å². The molecule has 7 nitrogen and oxygen atoms in total. The molecular formula is C25H24N2O5S. The van der Waals surface area contributed by atoms with Crippen molar-refractivity contribution in [1.29, 1.82) is 0 Å². The summed E-state index contributed by atoms with van der Waals surface area (Å²) < 4.78 is 43.6. The van der Waals surface area contributed by atoms with Gasteiger partial charge in [0, 0.05) is 11.3 Å². The van der Waals surface area contributed by atoms with Crippen LogP contribution in [0.5, 0.6) is 11.5 Å². The summed E-state index contributed by atoms with van der Waals surface area (Å²) >= 11 is 0.